The number of amides is 1. The Hall–Kier alpha value is -3.60. The topological polar surface area (TPSA) is 76.9 Å². The van der Waals surface area contributed by atoms with Gasteiger partial charge in [0.2, 0.25) is 10.1 Å². The molecule has 2 aromatic heterocycles. The molecule has 0 bridgehead atoms. The summed E-state index contributed by atoms with van der Waals surface area (Å²) in [7, 11) is 0. The third kappa shape index (κ3) is 4.17. The van der Waals surface area contributed by atoms with Gasteiger partial charge in [-0.05, 0) is 12.1 Å². The van der Waals surface area contributed by atoms with Gasteiger partial charge in [0.15, 0.2) is 0 Å². The van der Waals surface area contributed by atoms with Crippen molar-refractivity contribution in [1.29, 1.82) is 0 Å². The van der Waals surface area contributed by atoms with E-state index in [-0.39, 0.29) is 23.4 Å². The fourth-order valence-electron chi connectivity index (χ4n) is 3.03. The van der Waals surface area contributed by atoms with Crippen LogP contribution < -0.4 is 5.32 Å². The number of nitrogens with one attached hydrogen (secondary N) is 1. The van der Waals surface area contributed by atoms with Crippen LogP contribution in [0.15, 0.2) is 54.7 Å². The molecule has 0 saturated heterocycles. The third-order valence-corrected chi connectivity index (χ3v) is 5.31. The first-order valence-electron chi connectivity index (χ1n) is 8.81. The van der Waals surface area contributed by atoms with Crippen LogP contribution in [0.5, 0.6) is 0 Å². The fourth-order valence-corrected chi connectivity index (χ4v) is 3.64. The molecule has 158 valence electrons. The van der Waals surface area contributed by atoms with Crippen molar-refractivity contribution < 1.29 is 27.2 Å². The molecule has 0 aliphatic carbocycles. The highest BCUT2D eigenvalue weighted by molar-refractivity contribution is 7.15. The molecule has 1 N–H and O–H groups in total. The molecule has 0 aliphatic rings. The number of anilines is 1. The number of ketones is 1. The number of nitrogens with zero attached hydrogens (tertiary/aromatic N) is 3. The predicted molar refractivity (Wildman–Crippen MR) is 105 cm³/mol. The predicted octanol–water partition coefficient (Wildman–Crippen LogP) is 4.52. The second-order valence-electron chi connectivity index (χ2n) is 6.47. The lowest BCUT2D eigenvalue weighted by molar-refractivity contribution is -0.138. The normalized spacial score (nSPS) is 11.6. The largest absolute Gasteiger partial charge is 0.445 e. The average Bonchev–Trinajstić information content (AvgIpc) is 3.34. The van der Waals surface area contributed by atoms with Crippen molar-refractivity contribution in [2.24, 2.45) is 0 Å². The zero-order valence-electron chi connectivity index (χ0n) is 15.5. The quantitative estimate of drug-likeness (QED) is 0.277. The van der Waals surface area contributed by atoms with Crippen LogP contribution >= 0.6 is 11.3 Å². The minimum absolute atomic E-state index is 0.0324. The first kappa shape index (κ1) is 20.7. The van der Waals surface area contributed by atoms with Crippen LogP contribution in [-0.2, 0) is 17.5 Å². The number of aromatic nitrogens is 3. The molecule has 2 heterocycles. The van der Waals surface area contributed by atoms with Crippen molar-refractivity contribution in [3.05, 3.63) is 76.7 Å². The monoisotopic (exact) mass is 448 g/mol. The highest BCUT2D eigenvalue weighted by Crippen LogP contribution is 2.33. The number of hydrogen-bond acceptors (Lipinski definition) is 5. The lowest BCUT2D eigenvalue weighted by atomic mass is 10.1. The standard InChI is InChI=1S/C20H12F4N4O2S/c21-14-7-3-1-5-11(14)9-28-10-13(12-6-2-4-8-15(12)28)16(29)17(30)25-19-27-26-18(31-19)20(22,23)24/h1-8,10H,9H2,(H,25,27,30). The minimum atomic E-state index is -4.70. The van der Waals surface area contributed by atoms with Crippen molar-refractivity contribution in [2.45, 2.75) is 12.7 Å². The van der Waals surface area contributed by atoms with Gasteiger partial charge in [0.25, 0.3) is 11.7 Å². The third-order valence-electron chi connectivity index (χ3n) is 4.43. The number of carbonyl (C=O) groups is 2. The van der Waals surface area contributed by atoms with Gasteiger partial charge in [-0.15, -0.1) is 10.2 Å². The summed E-state index contributed by atoms with van der Waals surface area (Å²) < 4.78 is 53.6. The summed E-state index contributed by atoms with van der Waals surface area (Å²) in [5.74, 6) is -2.53. The number of rotatable bonds is 5. The summed E-state index contributed by atoms with van der Waals surface area (Å²) in [6.07, 6.45) is -3.29. The van der Waals surface area contributed by atoms with Crippen molar-refractivity contribution in [3.8, 4) is 0 Å². The molecule has 0 aliphatic heterocycles. The van der Waals surface area contributed by atoms with E-state index in [0.717, 1.165) is 0 Å². The maximum atomic E-state index is 14.1. The van der Waals surface area contributed by atoms with Crippen molar-refractivity contribution in [1.82, 2.24) is 14.8 Å². The van der Waals surface area contributed by atoms with E-state index >= 15 is 0 Å². The van der Waals surface area contributed by atoms with Crippen LogP contribution in [0, 0.1) is 5.82 Å². The Kier molecular flexibility index (Phi) is 5.27. The fraction of sp³-hybridized carbons (Fsp3) is 0.100. The van der Waals surface area contributed by atoms with Crippen LogP contribution in [0.25, 0.3) is 10.9 Å². The van der Waals surface area contributed by atoms with Gasteiger partial charge in [-0.2, -0.15) is 13.2 Å². The SMILES string of the molecule is O=C(Nc1nnc(C(F)(F)F)s1)C(=O)c1cn(Cc2ccccc2F)c2ccccc12. The molecule has 0 radical (unpaired) electrons. The van der Waals surface area contributed by atoms with Crippen LogP contribution in [0.2, 0.25) is 0 Å². The lowest BCUT2D eigenvalue weighted by Gasteiger charge is -2.06. The number of halogens is 4. The Labute approximate surface area is 176 Å². The van der Waals surface area contributed by atoms with Crippen LogP contribution in [0.4, 0.5) is 22.7 Å². The zero-order valence-corrected chi connectivity index (χ0v) is 16.3. The van der Waals surface area contributed by atoms with Gasteiger partial charge in [-0.25, -0.2) is 4.39 Å². The molecule has 1 amide bonds. The van der Waals surface area contributed by atoms with Crippen LogP contribution in [0.1, 0.15) is 20.9 Å². The Morgan fingerprint density at radius 2 is 1.74 bits per heavy atom. The summed E-state index contributed by atoms with van der Waals surface area (Å²) in [5, 5.41) is 7.03. The Bertz CT molecular complexity index is 1300. The Morgan fingerprint density at radius 3 is 2.45 bits per heavy atom. The smallest absolute Gasteiger partial charge is 0.342 e. The summed E-state index contributed by atoms with van der Waals surface area (Å²) in [5.41, 5.74) is 1.02. The summed E-state index contributed by atoms with van der Waals surface area (Å²) in [6, 6.07) is 12.9. The van der Waals surface area contributed by atoms with E-state index in [1.807, 2.05) is 0 Å². The van der Waals surface area contributed by atoms with Crippen LogP contribution in [-0.4, -0.2) is 26.5 Å². The number of hydrogen-bond donors (Lipinski definition) is 1. The van der Waals surface area contributed by atoms with Gasteiger partial charge in [-0.1, -0.05) is 47.7 Å². The molecule has 31 heavy (non-hydrogen) atoms. The van der Waals surface area contributed by atoms with E-state index in [2.05, 4.69) is 15.5 Å². The number of carbonyl (C=O) groups excluding carboxylic acids is 2. The van der Waals surface area contributed by atoms with Gasteiger partial charge < -0.3 is 4.57 Å². The second-order valence-corrected chi connectivity index (χ2v) is 7.45. The molecule has 11 heteroatoms. The summed E-state index contributed by atoms with van der Waals surface area (Å²) in [4.78, 5) is 25.1. The zero-order chi connectivity index (χ0) is 22.2. The second kappa shape index (κ2) is 7.91. The van der Waals surface area contributed by atoms with E-state index in [0.29, 0.717) is 16.5 Å². The lowest BCUT2D eigenvalue weighted by Crippen LogP contribution is -2.22. The number of alkyl halides is 3. The Morgan fingerprint density at radius 1 is 1.03 bits per heavy atom. The van der Waals surface area contributed by atoms with Gasteiger partial charge in [0.1, 0.15) is 5.82 Å². The highest BCUT2D eigenvalue weighted by atomic mass is 32.1. The van der Waals surface area contributed by atoms with E-state index in [9.17, 15) is 27.2 Å². The number of fused-ring (bicyclic) bond motifs is 1. The molecule has 2 aromatic carbocycles. The number of Topliss-reactive ketones (excluding diaryl/α,β-unsaturated/α-hetero) is 1. The number of para-hydroxylation sites is 1. The van der Waals surface area contributed by atoms with Gasteiger partial charge >= 0.3 is 6.18 Å². The molecule has 0 unspecified atom stereocenters. The number of benzene rings is 2. The maximum absolute atomic E-state index is 14.1. The summed E-state index contributed by atoms with van der Waals surface area (Å²) in [6.45, 7) is 0.118. The van der Waals surface area contributed by atoms with Gasteiger partial charge in [0.05, 0.1) is 12.1 Å². The minimum Gasteiger partial charge on any atom is -0.342 e. The van der Waals surface area contributed by atoms with Gasteiger partial charge in [0, 0.05) is 22.7 Å². The molecule has 4 rings (SSSR count). The van der Waals surface area contributed by atoms with E-state index < -0.39 is 33.8 Å². The van der Waals surface area contributed by atoms with Gasteiger partial charge in [-0.3, -0.25) is 14.9 Å². The molecule has 0 atom stereocenters. The van der Waals surface area contributed by atoms with Crippen molar-refractivity contribution in [3.63, 3.8) is 0 Å². The molecule has 4 aromatic rings. The first-order chi connectivity index (χ1) is 14.7. The first-order valence-corrected chi connectivity index (χ1v) is 9.63. The molecule has 0 fully saturated rings. The average molecular weight is 448 g/mol. The molecular weight excluding hydrogens is 436 g/mol. The molecule has 0 spiro atoms. The highest BCUT2D eigenvalue weighted by Gasteiger charge is 2.36. The summed E-state index contributed by atoms with van der Waals surface area (Å²) >= 11 is 0.115. The van der Waals surface area contributed by atoms with Crippen LogP contribution in [0.3, 0.4) is 0 Å². The van der Waals surface area contributed by atoms with Crippen molar-refractivity contribution >= 4 is 39.1 Å². The molecule has 6 nitrogen and oxygen atoms in total. The Balaban J connectivity index is 1.63. The van der Waals surface area contributed by atoms with E-state index in [1.54, 1.807) is 47.0 Å². The maximum Gasteiger partial charge on any atom is 0.445 e. The van der Waals surface area contributed by atoms with Crippen molar-refractivity contribution in [2.75, 3.05) is 5.32 Å². The molecule has 0 saturated carbocycles. The van der Waals surface area contributed by atoms with E-state index in [4.69, 9.17) is 0 Å². The van der Waals surface area contributed by atoms with E-state index in [1.165, 1.54) is 12.3 Å². The molecular formula is C20H12F4N4O2S.